The fraction of sp³-hybridized carbons (Fsp3) is 0.333. The van der Waals surface area contributed by atoms with Crippen molar-refractivity contribution in [2.24, 2.45) is 0 Å². The van der Waals surface area contributed by atoms with Crippen molar-refractivity contribution >= 4 is 5.88 Å². The summed E-state index contributed by atoms with van der Waals surface area (Å²) < 4.78 is 11.3. The fourth-order valence-electron chi connectivity index (χ4n) is 2.23. The Morgan fingerprint density at radius 2 is 2.05 bits per heavy atom. The smallest absolute Gasteiger partial charge is 0.236 e. The number of para-hydroxylation sites is 1. The molecule has 0 spiro atoms. The molecule has 1 aliphatic heterocycles. The summed E-state index contributed by atoms with van der Waals surface area (Å²) in [5.74, 6) is 1.72. The lowest BCUT2D eigenvalue weighted by molar-refractivity contribution is 0.263. The zero-order chi connectivity index (χ0) is 14.5. The van der Waals surface area contributed by atoms with Gasteiger partial charge in [-0.05, 0) is 12.1 Å². The van der Waals surface area contributed by atoms with E-state index in [-0.39, 0.29) is 6.61 Å². The van der Waals surface area contributed by atoms with Crippen LogP contribution in [0.4, 0.5) is 5.88 Å². The third-order valence-electron chi connectivity index (χ3n) is 3.27. The predicted molar refractivity (Wildman–Crippen MR) is 77.1 cm³/mol. The SMILES string of the molecule is N#Cc1nc(COc2ccccc2)oc1N1CCNCC1. The number of rotatable bonds is 4. The number of nitrogens with one attached hydrogen (secondary N) is 1. The number of hydrogen-bond donors (Lipinski definition) is 1. The highest BCUT2D eigenvalue weighted by Crippen LogP contribution is 2.23. The van der Waals surface area contributed by atoms with Gasteiger partial charge in [-0.15, -0.1) is 0 Å². The molecule has 1 N–H and O–H groups in total. The van der Waals surface area contributed by atoms with Crippen molar-refractivity contribution < 1.29 is 9.15 Å². The molecular weight excluding hydrogens is 268 g/mol. The highest BCUT2D eigenvalue weighted by atomic mass is 16.5. The number of nitriles is 1. The van der Waals surface area contributed by atoms with Gasteiger partial charge in [0.05, 0.1) is 0 Å². The summed E-state index contributed by atoms with van der Waals surface area (Å²) in [6.45, 7) is 3.58. The first-order valence-electron chi connectivity index (χ1n) is 6.90. The van der Waals surface area contributed by atoms with Gasteiger partial charge in [0.2, 0.25) is 17.5 Å². The Bertz CT molecular complexity index is 627. The number of hydrogen-bond acceptors (Lipinski definition) is 6. The Balaban J connectivity index is 1.72. The van der Waals surface area contributed by atoms with Crippen LogP contribution in [0, 0.1) is 11.3 Å². The molecule has 108 valence electrons. The zero-order valence-electron chi connectivity index (χ0n) is 11.6. The van der Waals surface area contributed by atoms with Crippen LogP contribution >= 0.6 is 0 Å². The molecule has 0 unspecified atom stereocenters. The Labute approximate surface area is 123 Å². The van der Waals surface area contributed by atoms with Gasteiger partial charge in [-0.2, -0.15) is 10.2 Å². The first kappa shape index (κ1) is 13.5. The molecule has 3 rings (SSSR count). The maximum absolute atomic E-state index is 9.19. The number of benzene rings is 1. The normalized spacial score (nSPS) is 14.7. The summed E-state index contributed by atoms with van der Waals surface area (Å²) in [6.07, 6.45) is 0. The molecule has 21 heavy (non-hydrogen) atoms. The van der Waals surface area contributed by atoms with Gasteiger partial charge in [-0.3, -0.25) is 0 Å². The average Bonchev–Trinajstić information content (AvgIpc) is 2.98. The van der Waals surface area contributed by atoms with Crippen LogP contribution < -0.4 is 15.0 Å². The van der Waals surface area contributed by atoms with Crippen LogP contribution in [0.2, 0.25) is 0 Å². The molecule has 6 heteroatoms. The molecule has 1 aromatic carbocycles. The second-order valence-corrected chi connectivity index (χ2v) is 4.71. The Morgan fingerprint density at radius 1 is 1.29 bits per heavy atom. The van der Waals surface area contributed by atoms with Gasteiger partial charge in [0.15, 0.2) is 6.61 Å². The van der Waals surface area contributed by atoms with Crippen molar-refractivity contribution in [3.8, 4) is 11.8 Å². The van der Waals surface area contributed by atoms with Crippen molar-refractivity contribution in [1.29, 1.82) is 5.26 Å². The summed E-state index contributed by atoms with van der Waals surface area (Å²) in [7, 11) is 0. The molecule has 0 bridgehead atoms. The van der Waals surface area contributed by atoms with Crippen LogP contribution in [0.3, 0.4) is 0 Å². The van der Waals surface area contributed by atoms with Gasteiger partial charge < -0.3 is 19.4 Å². The van der Waals surface area contributed by atoms with E-state index < -0.39 is 0 Å². The molecule has 6 nitrogen and oxygen atoms in total. The van der Waals surface area contributed by atoms with Gasteiger partial charge >= 0.3 is 0 Å². The van der Waals surface area contributed by atoms with E-state index in [9.17, 15) is 5.26 Å². The van der Waals surface area contributed by atoms with Crippen LogP contribution in [0.25, 0.3) is 0 Å². The zero-order valence-corrected chi connectivity index (χ0v) is 11.6. The fourth-order valence-corrected chi connectivity index (χ4v) is 2.23. The maximum Gasteiger partial charge on any atom is 0.236 e. The van der Waals surface area contributed by atoms with E-state index in [4.69, 9.17) is 9.15 Å². The molecule has 1 aliphatic rings. The third-order valence-corrected chi connectivity index (χ3v) is 3.27. The first-order valence-corrected chi connectivity index (χ1v) is 6.90. The van der Waals surface area contributed by atoms with Crippen LogP contribution in [0.5, 0.6) is 5.75 Å². The Kier molecular flexibility index (Phi) is 4.03. The standard InChI is InChI=1S/C15H16N4O2/c16-10-13-15(19-8-6-17-7-9-19)21-14(18-13)11-20-12-4-2-1-3-5-12/h1-5,17H,6-9,11H2. The molecular formula is C15H16N4O2. The monoisotopic (exact) mass is 284 g/mol. The van der Waals surface area contributed by atoms with Crippen LogP contribution in [-0.2, 0) is 6.61 Å². The van der Waals surface area contributed by atoms with Gasteiger partial charge in [0.25, 0.3) is 0 Å². The average molecular weight is 284 g/mol. The van der Waals surface area contributed by atoms with Gasteiger partial charge in [-0.1, -0.05) is 18.2 Å². The maximum atomic E-state index is 9.19. The number of oxazole rings is 1. The minimum Gasteiger partial charge on any atom is -0.484 e. The number of aromatic nitrogens is 1. The highest BCUT2D eigenvalue weighted by molar-refractivity contribution is 5.48. The van der Waals surface area contributed by atoms with Crippen molar-refractivity contribution in [2.45, 2.75) is 6.61 Å². The lowest BCUT2D eigenvalue weighted by atomic mass is 10.3. The lowest BCUT2D eigenvalue weighted by Gasteiger charge is -2.26. The number of anilines is 1. The lowest BCUT2D eigenvalue weighted by Crippen LogP contribution is -2.43. The Morgan fingerprint density at radius 3 is 2.76 bits per heavy atom. The number of nitrogens with zero attached hydrogens (tertiary/aromatic N) is 3. The molecule has 1 saturated heterocycles. The van der Waals surface area contributed by atoms with Crippen LogP contribution in [-0.4, -0.2) is 31.2 Å². The van der Waals surface area contributed by atoms with E-state index in [1.54, 1.807) is 0 Å². The molecule has 0 saturated carbocycles. The molecule has 0 aliphatic carbocycles. The molecule has 0 amide bonds. The van der Waals surface area contributed by atoms with Crippen molar-refractivity contribution in [3.05, 3.63) is 41.9 Å². The van der Waals surface area contributed by atoms with Crippen molar-refractivity contribution in [1.82, 2.24) is 10.3 Å². The summed E-state index contributed by atoms with van der Waals surface area (Å²) >= 11 is 0. The van der Waals surface area contributed by atoms with E-state index in [0.29, 0.717) is 17.5 Å². The van der Waals surface area contributed by atoms with Crippen LogP contribution in [0.1, 0.15) is 11.6 Å². The van der Waals surface area contributed by atoms with E-state index in [0.717, 1.165) is 31.9 Å². The molecule has 1 fully saturated rings. The van der Waals surface area contributed by atoms with E-state index in [2.05, 4.69) is 16.4 Å². The molecule has 1 aromatic heterocycles. The summed E-state index contributed by atoms with van der Waals surface area (Å²) in [5.41, 5.74) is 0.323. The summed E-state index contributed by atoms with van der Waals surface area (Å²) in [5, 5.41) is 12.5. The summed E-state index contributed by atoms with van der Waals surface area (Å²) in [4.78, 5) is 6.24. The largest absolute Gasteiger partial charge is 0.484 e. The number of ether oxygens (including phenoxy) is 1. The second kappa shape index (κ2) is 6.29. The Hall–Kier alpha value is -2.52. The van der Waals surface area contributed by atoms with Crippen molar-refractivity contribution in [2.75, 3.05) is 31.1 Å². The van der Waals surface area contributed by atoms with E-state index >= 15 is 0 Å². The van der Waals surface area contributed by atoms with Crippen LogP contribution in [0.15, 0.2) is 34.7 Å². The minimum absolute atomic E-state index is 0.213. The first-order chi connectivity index (χ1) is 10.4. The van der Waals surface area contributed by atoms with Crippen molar-refractivity contribution in [3.63, 3.8) is 0 Å². The van der Waals surface area contributed by atoms with Gasteiger partial charge in [0, 0.05) is 26.2 Å². The van der Waals surface area contributed by atoms with E-state index in [1.165, 1.54) is 0 Å². The van der Waals surface area contributed by atoms with Gasteiger partial charge in [0.1, 0.15) is 11.8 Å². The number of piperazine rings is 1. The minimum atomic E-state index is 0.213. The molecule has 2 aromatic rings. The topological polar surface area (TPSA) is 74.3 Å². The molecule has 0 atom stereocenters. The van der Waals surface area contributed by atoms with Gasteiger partial charge in [-0.25, -0.2) is 0 Å². The molecule has 2 heterocycles. The predicted octanol–water partition coefficient (Wildman–Crippen LogP) is 1.53. The quantitative estimate of drug-likeness (QED) is 0.918. The van der Waals surface area contributed by atoms with E-state index in [1.807, 2.05) is 35.2 Å². The second-order valence-electron chi connectivity index (χ2n) is 4.71. The highest BCUT2D eigenvalue weighted by Gasteiger charge is 2.21. The third kappa shape index (κ3) is 3.15. The summed E-state index contributed by atoms with van der Waals surface area (Å²) in [6, 6.07) is 11.5. The molecule has 0 radical (unpaired) electrons.